The Labute approximate surface area is 159 Å². The highest BCUT2D eigenvalue weighted by Gasteiger charge is 2.44. The second kappa shape index (κ2) is 7.12. The van der Waals surface area contributed by atoms with Gasteiger partial charge >= 0.3 is 0 Å². The van der Waals surface area contributed by atoms with Crippen molar-refractivity contribution in [1.29, 1.82) is 0 Å². The number of piperidine rings is 1. The van der Waals surface area contributed by atoms with Gasteiger partial charge in [0.05, 0.1) is 25.6 Å². The SMILES string of the molecule is COc1cc2c(cc1OC)NC1(CCN(Cc3ccccc3)CC1)C(=O)N2. The Balaban J connectivity index is 1.50. The molecule has 1 amide bonds. The number of likely N-dealkylation sites (tertiary alicyclic amines) is 1. The summed E-state index contributed by atoms with van der Waals surface area (Å²) in [7, 11) is 3.20. The van der Waals surface area contributed by atoms with E-state index in [0.717, 1.165) is 43.9 Å². The standard InChI is InChI=1S/C21H25N3O3/c1-26-18-12-16-17(13-19(18)27-2)23-21(20(25)22-16)8-10-24(11-9-21)14-15-6-4-3-5-7-15/h3-7,12-13,23H,8-11,14H2,1-2H3,(H,22,25). The van der Waals surface area contributed by atoms with Crippen LogP contribution in [0.4, 0.5) is 11.4 Å². The van der Waals surface area contributed by atoms with Gasteiger partial charge in [-0.3, -0.25) is 9.69 Å². The molecule has 2 N–H and O–H groups in total. The molecule has 1 saturated heterocycles. The van der Waals surface area contributed by atoms with Crippen LogP contribution in [0.15, 0.2) is 42.5 Å². The van der Waals surface area contributed by atoms with Crippen LogP contribution < -0.4 is 20.1 Å². The molecule has 6 nitrogen and oxygen atoms in total. The minimum absolute atomic E-state index is 0.0292. The zero-order valence-electron chi connectivity index (χ0n) is 15.7. The highest BCUT2D eigenvalue weighted by molar-refractivity contribution is 6.06. The number of fused-ring (bicyclic) bond motifs is 1. The monoisotopic (exact) mass is 367 g/mol. The number of anilines is 2. The van der Waals surface area contributed by atoms with E-state index >= 15 is 0 Å². The molecule has 0 unspecified atom stereocenters. The number of carbonyl (C=O) groups excluding carboxylic acids is 1. The number of rotatable bonds is 4. The maximum absolute atomic E-state index is 12.9. The van der Waals surface area contributed by atoms with Crippen molar-refractivity contribution in [3.05, 3.63) is 48.0 Å². The lowest BCUT2D eigenvalue weighted by atomic mass is 9.84. The molecule has 0 aromatic heterocycles. The molecule has 2 aliphatic rings. The Morgan fingerprint density at radius 2 is 1.63 bits per heavy atom. The molecule has 0 aliphatic carbocycles. The molecular formula is C21H25N3O3. The summed E-state index contributed by atoms with van der Waals surface area (Å²) in [6.07, 6.45) is 1.53. The topological polar surface area (TPSA) is 62.8 Å². The number of nitrogens with one attached hydrogen (secondary N) is 2. The van der Waals surface area contributed by atoms with Crippen LogP contribution in [0.25, 0.3) is 0 Å². The third kappa shape index (κ3) is 3.32. The van der Waals surface area contributed by atoms with Gasteiger partial charge in [0.2, 0.25) is 5.91 Å². The highest BCUT2D eigenvalue weighted by atomic mass is 16.5. The van der Waals surface area contributed by atoms with E-state index in [9.17, 15) is 4.79 Å². The summed E-state index contributed by atoms with van der Waals surface area (Å²) in [6, 6.07) is 14.1. The fourth-order valence-corrected chi connectivity index (χ4v) is 3.93. The van der Waals surface area contributed by atoms with Crippen molar-refractivity contribution >= 4 is 17.3 Å². The first kappa shape index (κ1) is 17.7. The van der Waals surface area contributed by atoms with Crippen LogP contribution in [-0.4, -0.2) is 43.7 Å². The smallest absolute Gasteiger partial charge is 0.250 e. The van der Waals surface area contributed by atoms with Crippen molar-refractivity contribution in [2.24, 2.45) is 0 Å². The lowest BCUT2D eigenvalue weighted by molar-refractivity contribution is -0.122. The number of nitrogens with zero attached hydrogens (tertiary/aromatic N) is 1. The van der Waals surface area contributed by atoms with Gasteiger partial charge < -0.3 is 20.1 Å². The fourth-order valence-electron chi connectivity index (χ4n) is 3.93. The first-order valence-corrected chi connectivity index (χ1v) is 9.25. The van der Waals surface area contributed by atoms with Crippen LogP contribution in [0.3, 0.4) is 0 Å². The second-order valence-electron chi connectivity index (χ2n) is 7.18. The van der Waals surface area contributed by atoms with Gasteiger partial charge in [-0.1, -0.05) is 30.3 Å². The molecule has 2 aromatic rings. The number of hydrogen-bond acceptors (Lipinski definition) is 5. The molecule has 6 heteroatoms. The van der Waals surface area contributed by atoms with Crippen molar-refractivity contribution in [1.82, 2.24) is 4.90 Å². The molecule has 0 atom stereocenters. The van der Waals surface area contributed by atoms with Gasteiger partial charge in [-0.05, 0) is 18.4 Å². The van der Waals surface area contributed by atoms with Gasteiger partial charge in [-0.2, -0.15) is 0 Å². The summed E-state index contributed by atoms with van der Waals surface area (Å²) in [4.78, 5) is 15.3. The summed E-state index contributed by atoms with van der Waals surface area (Å²) >= 11 is 0. The molecule has 4 rings (SSSR count). The van der Waals surface area contributed by atoms with Crippen LogP contribution in [0.1, 0.15) is 18.4 Å². The molecular weight excluding hydrogens is 342 g/mol. The second-order valence-corrected chi connectivity index (χ2v) is 7.18. The number of methoxy groups -OCH3 is 2. The molecule has 2 heterocycles. The van der Waals surface area contributed by atoms with E-state index in [0.29, 0.717) is 11.5 Å². The van der Waals surface area contributed by atoms with E-state index in [2.05, 4.69) is 39.8 Å². The first-order valence-electron chi connectivity index (χ1n) is 9.25. The predicted molar refractivity (Wildman–Crippen MR) is 105 cm³/mol. The summed E-state index contributed by atoms with van der Waals surface area (Å²) in [6.45, 7) is 2.66. The quantitative estimate of drug-likeness (QED) is 0.869. The van der Waals surface area contributed by atoms with Gasteiger partial charge in [-0.15, -0.1) is 0 Å². The summed E-state index contributed by atoms with van der Waals surface area (Å²) in [5, 5.41) is 6.55. The lowest BCUT2D eigenvalue weighted by Gasteiger charge is -2.44. The largest absolute Gasteiger partial charge is 0.493 e. The third-order valence-electron chi connectivity index (χ3n) is 5.54. The van der Waals surface area contributed by atoms with Crippen molar-refractivity contribution < 1.29 is 14.3 Å². The summed E-state index contributed by atoms with van der Waals surface area (Å²) < 4.78 is 10.7. The van der Waals surface area contributed by atoms with Gasteiger partial charge in [0.25, 0.3) is 0 Å². The third-order valence-corrected chi connectivity index (χ3v) is 5.54. The van der Waals surface area contributed by atoms with E-state index in [1.165, 1.54) is 5.56 Å². The van der Waals surface area contributed by atoms with Gasteiger partial charge in [0, 0.05) is 31.8 Å². The number of carbonyl (C=O) groups is 1. The molecule has 2 aliphatic heterocycles. The average Bonchev–Trinajstić information content (AvgIpc) is 2.70. The Hall–Kier alpha value is -2.73. The van der Waals surface area contributed by atoms with Crippen LogP contribution in [0.5, 0.6) is 11.5 Å². The van der Waals surface area contributed by atoms with E-state index < -0.39 is 5.54 Å². The van der Waals surface area contributed by atoms with Gasteiger partial charge in [0.1, 0.15) is 5.54 Å². The van der Waals surface area contributed by atoms with Crippen molar-refractivity contribution in [2.45, 2.75) is 24.9 Å². The number of ether oxygens (including phenoxy) is 2. The Bertz CT molecular complexity index is 830. The zero-order chi connectivity index (χ0) is 18.9. The normalized spacial score (nSPS) is 18.4. The van der Waals surface area contributed by atoms with Gasteiger partial charge in [-0.25, -0.2) is 0 Å². The van der Waals surface area contributed by atoms with Crippen LogP contribution in [0.2, 0.25) is 0 Å². The summed E-state index contributed by atoms with van der Waals surface area (Å²) in [5.41, 5.74) is 2.34. The molecule has 1 spiro atoms. The Morgan fingerprint density at radius 3 is 2.26 bits per heavy atom. The molecule has 0 bridgehead atoms. The van der Waals surface area contributed by atoms with Crippen LogP contribution in [0, 0.1) is 0 Å². The molecule has 2 aromatic carbocycles. The van der Waals surface area contributed by atoms with Crippen LogP contribution >= 0.6 is 0 Å². The molecule has 0 radical (unpaired) electrons. The summed E-state index contributed by atoms with van der Waals surface area (Å²) in [5.74, 6) is 1.28. The Morgan fingerprint density at radius 1 is 1.00 bits per heavy atom. The molecule has 142 valence electrons. The fraction of sp³-hybridized carbons (Fsp3) is 0.381. The van der Waals surface area contributed by atoms with Crippen LogP contribution in [-0.2, 0) is 11.3 Å². The first-order chi connectivity index (χ1) is 13.1. The van der Waals surface area contributed by atoms with Crippen molar-refractivity contribution in [3.8, 4) is 11.5 Å². The Kier molecular flexibility index (Phi) is 4.66. The van der Waals surface area contributed by atoms with E-state index in [1.54, 1.807) is 20.3 Å². The molecule has 27 heavy (non-hydrogen) atoms. The molecule has 1 fully saturated rings. The predicted octanol–water partition coefficient (Wildman–Crippen LogP) is 3.10. The van der Waals surface area contributed by atoms with E-state index in [1.807, 2.05) is 12.1 Å². The van der Waals surface area contributed by atoms with Crippen molar-refractivity contribution in [2.75, 3.05) is 37.9 Å². The number of amides is 1. The minimum atomic E-state index is -0.570. The zero-order valence-corrected chi connectivity index (χ0v) is 15.7. The number of benzene rings is 2. The number of hydrogen-bond donors (Lipinski definition) is 2. The van der Waals surface area contributed by atoms with E-state index in [4.69, 9.17) is 9.47 Å². The minimum Gasteiger partial charge on any atom is -0.493 e. The maximum atomic E-state index is 12.9. The highest BCUT2D eigenvalue weighted by Crippen LogP contribution is 2.42. The van der Waals surface area contributed by atoms with Gasteiger partial charge in [0.15, 0.2) is 11.5 Å². The van der Waals surface area contributed by atoms with E-state index in [-0.39, 0.29) is 5.91 Å². The van der Waals surface area contributed by atoms with Crippen molar-refractivity contribution in [3.63, 3.8) is 0 Å². The molecule has 0 saturated carbocycles. The lowest BCUT2D eigenvalue weighted by Crippen LogP contribution is -2.58. The average molecular weight is 367 g/mol. The maximum Gasteiger partial charge on any atom is 0.250 e.